The van der Waals surface area contributed by atoms with E-state index in [0.717, 1.165) is 15.6 Å². The molecule has 0 fully saturated rings. The molecule has 0 aliphatic heterocycles. The Hall–Kier alpha value is -1.19. The van der Waals surface area contributed by atoms with Gasteiger partial charge >= 0.3 is 0 Å². The van der Waals surface area contributed by atoms with Crippen LogP contribution in [0.4, 0.5) is 4.39 Å². The summed E-state index contributed by atoms with van der Waals surface area (Å²) in [5, 5.41) is 3.28. The summed E-state index contributed by atoms with van der Waals surface area (Å²) in [7, 11) is 0. The predicted molar refractivity (Wildman–Crippen MR) is 81.5 cm³/mol. The molecule has 1 nitrogen and oxygen atoms in total. The lowest BCUT2D eigenvalue weighted by Crippen LogP contribution is -2.21. The summed E-state index contributed by atoms with van der Waals surface area (Å²) in [6, 6.07) is 13.5. The average molecular weight is 322 g/mol. The minimum Gasteiger partial charge on any atom is -0.310 e. The summed E-state index contributed by atoms with van der Waals surface area (Å²) in [4.78, 5) is 0. The summed E-state index contributed by atoms with van der Waals surface area (Å²) in [6.45, 7) is 4.84. The summed E-state index contributed by atoms with van der Waals surface area (Å²) in [5.41, 5.74) is 2.48. The highest BCUT2D eigenvalue weighted by atomic mass is 79.9. The van der Waals surface area contributed by atoms with Gasteiger partial charge in [0.2, 0.25) is 0 Å². The van der Waals surface area contributed by atoms with Crippen molar-refractivity contribution in [1.29, 1.82) is 0 Å². The molecular weight excluding hydrogens is 305 g/mol. The van der Waals surface area contributed by atoms with Gasteiger partial charge in [-0.2, -0.15) is 0 Å². The van der Waals surface area contributed by atoms with Crippen molar-refractivity contribution in [3.63, 3.8) is 0 Å². The van der Waals surface area contributed by atoms with Crippen molar-refractivity contribution in [2.75, 3.05) is 0 Å². The minimum atomic E-state index is -0.179. The lowest BCUT2D eigenvalue weighted by atomic mass is 10.0. The Morgan fingerprint density at radius 3 is 2.58 bits per heavy atom. The Kier molecular flexibility index (Phi) is 4.72. The van der Waals surface area contributed by atoms with Gasteiger partial charge in [0.1, 0.15) is 5.82 Å². The van der Waals surface area contributed by atoms with E-state index in [9.17, 15) is 4.39 Å². The van der Waals surface area contributed by atoms with Crippen LogP contribution in [0, 0.1) is 5.82 Å². The van der Waals surface area contributed by atoms with Crippen LogP contribution in [0.15, 0.2) is 46.9 Å². The molecule has 100 valence electrons. The van der Waals surface area contributed by atoms with Crippen LogP contribution in [-0.4, -0.2) is 6.04 Å². The average Bonchev–Trinajstić information content (AvgIpc) is 2.36. The molecule has 0 aliphatic carbocycles. The third-order valence-electron chi connectivity index (χ3n) is 2.88. The molecule has 0 amide bonds. The zero-order valence-corrected chi connectivity index (χ0v) is 12.7. The smallest absolute Gasteiger partial charge is 0.131 e. The molecule has 0 aromatic heterocycles. The van der Waals surface area contributed by atoms with E-state index in [1.807, 2.05) is 36.4 Å². The second-order valence-electron chi connectivity index (χ2n) is 4.86. The predicted octanol–water partition coefficient (Wildman–Crippen LogP) is 4.75. The van der Waals surface area contributed by atoms with Crippen LogP contribution in [0.25, 0.3) is 11.1 Å². The fraction of sp³-hybridized carbons (Fsp3) is 0.250. The molecule has 0 spiro atoms. The lowest BCUT2D eigenvalue weighted by Gasteiger charge is -2.10. The maximum absolute atomic E-state index is 14.1. The molecule has 0 saturated carbocycles. The van der Waals surface area contributed by atoms with E-state index in [4.69, 9.17) is 0 Å². The van der Waals surface area contributed by atoms with Crippen molar-refractivity contribution in [2.24, 2.45) is 0 Å². The van der Waals surface area contributed by atoms with Crippen LogP contribution in [0.3, 0.4) is 0 Å². The number of halogens is 2. The van der Waals surface area contributed by atoms with E-state index >= 15 is 0 Å². The molecule has 0 aliphatic rings. The van der Waals surface area contributed by atoms with Gasteiger partial charge in [-0.15, -0.1) is 0 Å². The molecular formula is C16H17BrFN. The van der Waals surface area contributed by atoms with Crippen molar-refractivity contribution in [2.45, 2.75) is 26.4 Å². The second-order valence-corrected chi connectivity index (χ2v) is 5.78. The van der Waals surface area contributed by atoms with Gasteiger partial charge < -0.3 is 5.32 Å². The third-order valence-corrected chi connectivity index (χ3v) is 3.38. The molecule has 1 N–H and O–H groups in total. The van der Waals surface area contributed by atoms with Crippen LogP contribution in [0.1, 0.15) is 19.4 Å². The highest BCUT2D eigenvalue weighted by Crippen LogP contribution is 2.26. The molecule has 0 radical (unpaired) electrons. The molecule has 2 aromatic rings. The van der Waals surface area contributed by atoms with E-state index in [-0.39, 0.29) is 5.82 Å². The number of nitrogens with one attached hydrogen (secondary N) is 1. The molecule has 3 heteroatoms. The van der Waals surface area contributed by atoms with Crippen molar-refractivity contribution >= 4 is 15.9 Å². The van der Waals surface area contributed by atoms with Crippen molar-refractivity contribution in [1.82, 2.24) is 5.32 Å². The molecule has 0 heterocycles. The second kappa shape index (κ2) is 6.31. The van der Waals surface area contributed by atoms with Crippen LogP contribution in [-0.2, 0) is 6.54 Å². The van der Waals surface area contributed by atoms with E-state index in [1.54, 1.807) is 6.07 Å². The van der Waals surface area contributed by atoms with Gasteiger partial charge in [0.15, 0.2) is 0 Å². The van der Waals surface area contributed by atoms with Crippen LogP contribution in [0.5, 0.6) is 0 Å². The van der Waals surface area contributed by atoms with E-state index in [1.165, 1.54) is 0 Å². The van der Waals surface area contributed by atoms with E-state index in [0.29, 0.717) is 18.2 Å². The first kappa shape index (κ1) is 14.2. The lowest BCUT2D eigenvalue weighted by molar-refractivity contribution is 0.582. The van der Waals surface area contributed by atoms with Gasteiger partial charge in [-0.25, -0.2) is 4.39 Å². The summed E-state index contributed by atoms with van der Waals surface area (Å²) < 4.78 is 15.1. The van der Waals surface area contributed by atoms with Crippen molar-refractivity contribution in [3.8, 4) is 11.1 Å². The number of hydrogen-bond acceptors (Lipinski definition) is 1. The van der Waals surface area contributed by atoms with Crippen molar-refractivity contribution < 1.29 is 4.39 Å². The standard InChI is InChI=1S/C16H17BrFN/c1-11(2)19-10-12-6-7-15(16(18)8-12)13-4-3-5-14(17)9-13/h3-9,11,19H,10H2,1-2H3. The van der Waals surface area contributed by atoms with E-state index < -0.39 is 0 Å². The molecule has 2 aromatic carbocycles. The minimum absolute atomic E-state index is 0.179. The Morgan fingerprint density at radius 2 is 1.95 bits per heavy atom. The van der Waals surface area contributed by atoms with Gasteiger partial charge in [-0.05, 0) is 29.3 Å². The third kappa shape index (κ3) is 3.88. The van der Waals surface area contributed by atoms with Gasteiger partial charge in [0.05, 0.1) is 0 Å². The fourth-order valence-electron chi connectivity index (χ4n) is 1.88. The first-order valence-corrected chi connectivity index (χ1v) is 7.13. The van der Waals surface area contributed by atoms with Gasteiger partial charge in [-0.1, -0.05) is 54.0 Å². The summed E-state index contributed by atoms with van der Waals surface area (Å²) >= 11 is 3.41. The molecule has 0 unspecified atom stereocenters. The first-order valence-electron chi connectivity index (χ1n) is 6.34. The molecule has 0 atom stereocenters. The largest absolute Gasteiger partial charge is 0.310 e. The topological polar surface area (TPSA) is 12.0 Å². The van der Waals surface area contributed by atoms with Crippen LogP contribution >= 0.6 is 15.9 Å². The zero-order chi connectivity index (χ0) is 13.8. The zero-order valence-electron chi connectivity index (χ0n) is 11.1. The van der Waals surface area contributed by atoms with Crippen molar-refractivity contribution in [3.05, 3.63) is 58.3 Å². The van der Waals surface area contributed by atoms with Crippen LogP contribution < -0.4 is 5.32 Å². The number of rotatable bonds is 4. The maximum atomic E-state index is 14.1. The Bertz CT molecular complexity index is 566. The number of benzene rings is 2. The van der Waals surface area contributed by atoms with Gasteiger partial charge in [0, 0.05) is 22.6 Å². The molecule has 0 bridgehead atoms. The molecule has 2 rings (SSSR count). The fourth-order valence-corrected chi connectivity index (χ4v) is 2.28. The maximum Gasteiger partial charge on any atom is 0.131 e. The highest BCUT2D eigenvalue weighted by Gasteiger charge is 2.06. The highest BCUT2D eigenvalue weighted by molar-refractivity contribution is 9.10. The summed E-state index contributed by atoms with van der Waals surface area (Å²) in [5.74, 6) is -0.179. The molecule has 0 saturated heterocycles. The Labute approximate surface area is 122 Å². The quantitative estimate of drug-likeness (QED) is 0.856. The first-order chi connectivity index (χ1) is 9.06. The van der Waals surface area contributed by atoms with Gasteiger partial charge in [-0.3, -0.25) is 0 Å². The summed E-state index contributed by atoms with van der Waals surface area (Å²) in [6.07, 6.45) is 0. The normalized spacial score (nSPS) is 11.0. The van der Waals surface area contributed by atoms with Crippen LogP contribution in [0.2, 0.25) is 0 Å². The monoisotopic (exact) mass is 321 g/mol. The molecule has 19 heavy (non-hydrogen) atoms. The Balaban J connectivity index is 2.24. The number of hydrogen-bond donors (Lipinski definition) is 1. The van der Waals surface area contributed by atoms with Gasteiger partial charge in [0.25, 0.3) is 0 Å². The van der Waals surface area contributed by atoms with E-state index in [2.05, 4.69) is 35.1 Å². The Morgan fingerprint density at radius 1 is 1.16 bits per heavy atom. The SMILES string of the molecule is CC(C)NCc1ccc(-c2cccc(Br)c2)c(F)c1.